The lowest BCUT2D eigenvalue weighted by molar-refractivity contribution is -0.121. The summed E-state index contributed by atoms with van der Waals surface area (Å²) in [7, 11) is 0. The van der Waals surface area contributed by atoms with E-state index >= 15 is 0 Å². The highest BCUT2D eigenvalue weighted by molar-refractivity contribution is 5.95. The van der Waals surface area contributed by atoms with Gasteiger partial charge in [0.1, 0.15) is 5.82 Å². The number of rotatable bonds is 5. The van der Waals surface area contributed by atoms with Crippen molar-refractivity contribution in [3.8, 4) is 0 Å². The maximum absolute atomic E-state index is 13.1. The third kappa shape index (κ3) is 3.98. The van der Waals surface area contributed by atoms with Gasteiger partial charge in [0.05, 0.1) is 6.42 Å². The number of nitrogens with zero attached hydrogens (tertiary/aromatic N) is 1. The Hall–Kier alpha value is -2.69. The molecule has 0 spiro atoms. The van der Waals surface area contributed by atoms with Crippen LogP contribution < -0.4 is 10.2 Å². The minimum absolute atomic E-state index is 0.0746. The SMILES string of the molecule is O=C(Cc1cccc(F)c1)NCC1CC(=O)N(c2ccccc2)C1. The van der Waals surface area contributed by atoms with Crippen molar-refractivity contribution < 1.29 is 14.0 Å². The van der Waals surface area contributed by atoms with Gasteiger partial charge in [0.2, 0.25) is 11.8 Å². The first-order valence-electron chi connectivity index (χ1n) is 7.98. The number of anilines is 1. The smallest absolute Gasteiger partial charge is 0.227 e. The Kier molecular flexibility index (Phi) is 4.89. The summed E-state index contributed by atoms with van der Waals surface area (Å²) in [6.07, 6.45) is 0.565. The van der Waals surface area contributed by atoms with Crippen LogP contribution in [-0.4, -0.2) is 24.9 Å². The van der Waals surface area contributed by atoms with Crippen LogP contribution in [0.15, 0.2) is 54.6 Å². The highest BCUT2D eigenvalue weighted by Gasteiger charge is 2.30. The van der Waals surface area contributed by atoms with Crippen molar-refractivity contribution in [2.75, 3.05) is 18.0 Å². The number of nitrogens with one attached hydrogen (secondary N) is 1. The van der Waals surface area contributed by atoms with E-state index in [9.17, 15) is 14.0 Å². The molecule has 0 bridgehead atoms. The van der Waals surface area contributed by atoms with Crippen molar-refractivity contribution in [3.63, 3.8) is 0 Å². The van der Waals surface area contributed by atoms with Gasteiger partial charge >= 0.3 is 0 Å². The molecule has 1 fully saturated rings. The lowest BCUT2D eigenvalue weighted by atomic mass is 10.1. The molecule has 1 N–H and O–H groups in total. The van der Waals surface area contributed by atoms with Crippen LogP contribution in [0.25, 0.3) is 0 Å². The van der Waals surface area contributed by atoms with Crippen molar-refractivity contribution in [2.24, 2.45) is 5.92 Å². The number of para-hydroxylation sites is 1. The number of carbonyl (C=O) groups excluding carboxylic acids is 2. The molecular formula is C19H19FN2O2. The maximum atomic E-state index is 13.1. The molecule has 0 saturated carbocycles. The summed E-state index contributed by atoms with van der Waals surface area (Å²) in [4.78, 5) is 25.9. The standard InChI is InChI=1S/C19H19FN2O2/c20-16-6-4-5-14(9-16)10-18(23)21-12-15-11-19(24)22(13-15)17-7-2-1-3-8-17/h1-9,15H,10-13H2,(H,21,23). The highest BCUT2D eigenvalue weighted by atomic mass is 19.1. The topological polar surface area (TPSA) is 49.4 Å². The van der Waals surface area contributed by atoms with Crippen LogP contribution in [0.5, 0.6) is 0 Å². The second-order valence-electron chi connectivity index (χ2n) is 6.02. The van der Waals surface area contributed by atoms with Gasteiger partial charge in [-0.1, -0.05) is 30.3 Å². The lowest BCUT2D eigenvalue weighted by Gasteiger charge is -2.16. The molecule has 0 aliphatic carbocycles. The largest absolute Gasteiger partial charge is 0.355 e. The molecule has 124 valence electrons. The van der Waals surface area contributed by atoms with Crippen molar-refractivity contribution in [1.29, 1.82) is 0 Å². The first kappa shape index (κ1) is 16.2. The summed E-state index contributed by atoms with van der Waals surface area (Å²) in [6, 6.07) is 15.5. The zero-order valence-electron chi connectivity index (χ0n) is 13.2. The Morgan fingerprint density at radius 2 is 1.96 bits per heavy atom. The molecule has 1 unspecified atom stereocenters. The summed E-state index contributed by atoms with van der Waals surface area (Å²) in [6.45, 7) is 1.05. The van der Waals surface area contributed by atoms with E-state index in [4.69, 9.17) is 0 Å². The van der Waals surface area contributed by atoms with Gasteiger partial charge in [-0.3, -0.25) is 9.59 Å². The van der Waals surface area contributed by atoms with E-state index in [1.165, 1.54) is 12.1 Å². The number of amides is 2. The van der Waals surface area contributed by atoms with Crippen LogP contribution in [0.2, 0.25) is 0 Å². The normalized spacial score (nSPS) is 17.1. The third-order valence-corrected chi connectivity index (χ3v) is 4.11. The van der Waals surface area contributed by atoms with Gasteiger partial charge < -0.3 is 10.2 Å². The summed E-state index contributed by atoms with van der Waals surface area (Å²) in [5, 5.41) is 2.84. The molecule has 0 radical (unpaired) electrons. The van der Waals surface area contributed by atoms with Gasteiger partial charge in [-0.2, -0.15) is 0 Å². The van der Waals surface area contributed by atoms with Crippen molar-refractivity contribution in [3.05, 3.63) is 66.0 Å². The predicted molar refractivity (Wildman–Crippen MR) is 90.0 cm³/mol. The molecular weight excluding hydrogens is 307 g/mol. The zero-order valence-corrected chi connectivity index (χ0v) is 13.2. The van der Waals surface area contributed by atoms with Crippen LogP contribution in [0.1, 0.15) is 12.0 Å². The van der Waals surface area contributed by atoms with E-state index in [1.807, 2.05) is 30.3 Å². The number of carbonyl (C=O) groups is 2. The first-order chi connectivity index (χ1) is 11.6. The third-order valence-electron chi connectivity index (χ3n) is 4.11. The maximum Gasteiger partial charge on any atom is 0.227 e. The van der Waals surface area contributed by atoms with E-state index < -0.39 is 0 Å². The molecule has 5 heteroatoms. The van der Waals surface area contributed by atoms with E-state index in [0.29, 0.717) is 25.1 Å². The monoisotopic (exact) mass is 326 g/mol. The molecule has 0 aromatic heterocycles. The fourth-order valence-corrected chi connectivity index (χ4v) is 2.93. The number of hydrogen-bond acceptors (Lipinski definition) is 2. The predicted octanol–water partition coefficient (Wildman–Crippen LogP) is 2.54. The fourth-order valence-electron chi connectivity index (χ4n) is 2.93. The van der Waals surface area contributed by atoms with Gasteiger partial charge in [-0.05, 0) is 29.8 Å². The second-order valence-corrected chi connectivity index (χ2v) is 6.02. The first-order valence-corrected chi connectivity index (χ1v) is 7.98. The molecule has 1 aliphatic heterocycles. The minimum Gasteiger partial charge on any atom is -0.355 e. The molecule has 1 aliphatic rings. The molecule has 1 atom stereocenters. The summed E-state index contributed by atoms with van der Waals surface area (Å²) < 4.78 is 13.1. The van der Waals surface area contributed by atoms with Gasteiger partial charge in [0.15, 0.2) is 0 Å². The van der Waals surface area contributed by atoms with Crippen LogP contribution >= 0.6 is 0 Å². The average molecular weight is 326 g/mol. The van der Waals surface area contributed by atoms with Gasteiger partial charge in [-0.25, -0.2) is 4.39 Å². The van der Waals surface area contributed by atoms with Gasteiger partial charge in [0, 0.05) is 31.1 Å². The second kappa shape index (κ2) is 7.25. The molecule has 4 nitrogen and oxygen atoms in total. The van der Waals surface area contributed by atoms with E-state index in [0.717, 1.165) is 5.69 Å². The summed E-state index contributed by atoms with van der Waals surface area (Å²) in [5.74, 6) is -0.342. The Labute approximate surface area is 140 Å². The van der Waals surface area contributed by atoms with Crippen LogP contribution in [0.3, 0.4) is 0 Å². The fraction of sp³-hybridized carbons (Fsp3) is 0.263. The van der Waals surface area contributed by atoms with Gasteiger partial charge in [0.25, 0.3) is 0 Å². The molecule has 2 aromatic rings. The van der Waals surface area contributed by atoms with E-state index in [-0.39, 0.29) is 30.0 Å². The number of hydrogen-bond donors (Lipinski definition) is 1. The quantitative estimate of drug-likeness (QED) is 0.918. The molecule has 1 saturated heterocycles. The summed E-state index contributed by atoms with van der Waals surface area (Å²) >= 11 is 0. The minimum atomic E-state index is -0.347. The Balaban J connectivity index is 1.50. The van der Waals surface area contributed by atoms with Crippen LogP contribution in [0, 0.1) is 11.7 Å². The van der Waals surface area contributed by atoms with Crippen LogP contribution in [-0.2, 0) is 16.0 Å². The summed E-state index contributed by atoms with van der Waals surface area (Å²) in [5.41, 5.74) is 1.52. The number of halogens is 1. The Morgan fingerprint density at radius 1 is 1.17 bits per heavy atom. The Bertz CT molecular complexity index is 733. The van der Waals surface area contributed by atoms with E-state index in [2.05, 4.69) is 5.32 Å². The molecule has 2 amide bonds. The van der Waals surface area contributed by atoms with Crippen molar-refractivity contribution >= 4 is 17.5 Å². The van der Waals surface area contributed by atoms with Gasteiger partial charge in [-0.15, -0.1) is 0 Å². The lowest BCUT2D eigenvalue weighted by Crippen LogP contribution is -2.32. The zero-order chi connectivity index (χ0) is 16.9. The molecule has 24 heavy (non-hydrogen) atoms. The molecule has 1 heterocycles. The van der Waals surface area contributed by atoms with Crippen molar-refractivity contribution in [1.82, 2.24) is 5.32 Å². The van der Waals surface area contributed by atoms with Crippen molar-refractivity contribution in [2.45, 2.75) is 12.8 Å². The molecule has 3 rings (SSSR count). The van der Waals surface area contributed by atoms with Crippen LogP contribution in [0.4, 0.5) is 10.1 Å². The average Bonchev–Trinajstić information content (AvgIpc) is 2.95. The molecule has 2 aromatic carbocycles. The van der Waals surface area contributed by atoms with E-state index in [1.54, 1.807) is 17.0 Å². The highest BCUT2D eigenvalue weighted by Crippen LogP contribution is 2.24. The Morgan fingerprint density at radius 3 is 2.71 bits per heavy atom. The number of benzene rings is 2.